The number of nitro groups is 1. The fourth-order valence-corrected chi connectivity index (χ4v) is 4.08. The lowest BCUT2D eigenvalue weighted by molar-refractivity contribution is -0.386. The first-order valence-electron chi connectivity index (χ1n) is 8.23. The van der Waals surface area contributed by atoms with Crippen molar-refractivity contribution in [3.63, 3.8) is 0 Å². The summed E-state index contributed by atoms with van der Waals surface area (Å²) in [7, 11) is 0. The van der Waals surface area contributed by atoms with Crippen molar-refractivity contribution >= 4 is 11.7 Å². The van der Waals surface area contributed by atoms with E-state index in [0.29, 0.717) is 17.3 Å². The first kappa shape index (κ1) is 16.9. The number of rotatable bonds is 5. The van der Waals surface area contributed by atoms with E-state index in [-0.39, 0.29) is 42.2 Å². The van der Waals surface area contributed by atoms with Crippen LogP contribution in [-0.2, 0) is 20.8 Å². The normalized spacial score (nSPS) is 27.4. The van der Waals surface area contributed by atoms with Crippen LogP contribution in [0.5, 0.6) is 0 Å². The lowest BCUT2D eigenvalue weighted by atomic mass is 9.59. The summed E-state index contributed by atoms with van der Waals surface area (Å²) in [6.45, 7) is 8.35. The maximum atomic E-state index is 12.2. The molecule has 1 saturated heterocycles. The van der Waals surface area contributed by atoms with Crippen LogP contribution in [-0.4, -0.2) is 39.5 Å². The van der Waals surface area contributed by atoms with E-state index < -0.39 is 4.92 Å². The highest BCUT2D eigenvalue weighted by Gasteiger charge is 2.61. The Labute approximate surface area is 140 Å². The zero-order valence-corrected chi connectivity index (χ0v) is 14.4. The van der Waals surface area contributed by atoms with Crippen LogP contribution in [0.3, 0.4) is 0 Å². The summed E-state index contributed by atoms with van der Waals surface area (Å²) in [6, 6.07) is 0. The molecule has 0 radical (unpaired) electrons. The average Bonchev–Trinajstić information content (AvgIpc) is 3.06. The Bertz CT molecular complexity index is 681. The quantitative estimate of drug-likeness (QED) is 0.464. The van der Waals surface area contributed by atoms with Crippen molar-refractivity contribution in [2.75, 3.05) is 6.61 Å². The van der Waals surface area contributed by atoms with Crippen molar-refractivity contribution in [2.24, 2.45) is 11.3 Å². The van der Waals surface area contributed by atoms with Gasteiger partial charge in [0.2, 0.25) is 0 Å². The van der Waals surface area contributed by atoms with Gasteiger partial charge in [-0.3, -0.25) is 19.6 Å². The lowest BCUT2D eigenvalue weighted by Crippen LogP contribution is -2.61. The van der Waals surface area contributed by atoms with E-state index in [1.165, 1.54) is 4.68 Å². The topological polar surface area (TPSA) is 96.5 Å². The second kappa shape index (κ2) is 5.84. The fourth-order valence-electron chi connectivity index (χ4n) is 4.08. The van der Waals surface area contributed by atoms with Crippen molar-refractivity contribution in [1.29, 1.82) is 0 Å². The molecular weight excluding hydrogens is 314 g/mol. The molecule has 3 rings (SSSR count). The van der Waals surface area contributed by atoms with E-state index in [9.17, 15) is 14.9 Å². The van der Waals surface area contributed by atoms with E-state index in [2.05, 4.69) is 18.9 Å². The van der Waals surface area contributed by atoms with Gasteiger partial charge in [0.05, 0.1) is 24.0 Å². The van der Waals surface area contributed by atoms with Crippen LogP contribution in [0.15, 0.2) is 0 Å². The third kappa shape index (κ3) is 2.58. The van der Waals surface area contributed by atoms with Crippen LogP contribution in [0.2, 0.25) is 0 Å². The third-order valence-corrected chi connectivity index (χ3v) is 5.30. The van der Waals surface area contributed by atoms with E-state index >= 15 is 0 Å². The molecule has 0 aromatic carbocycles. The van der Waals surface area contributed by atoms with Gasteiger partial charge < -0.3 is 9.47 Å². The SMILES string of the molecule is Cc1nn(CCC(=O)O[C@@H]2[C@@H]3CCO[C@@H]3C2(C)C)c(C)c1[N+](=O)[O-]. The van der Waals surface area contributed by atoms with E-state index in [1.54, 1.807) is 13.8 Å². The van der Waals surface area contributed by atoms with Gasteiger partial charge in [-0.25, -0.2) is 0 Å². The molecule has 3 atom stereocenters. The monoisotopic (exact) mass is 337 g/mol. The minimum atomic E-state index is -0.441. The summed E-state index contributed by atoms with van der Waals surface area (Å²) in [5.41, 5.74) is 0.665. The molecule has 1 aromatic heterocycles. The number of hydrogen-bond donors (Lipinski definition) is 0. The second-order valence-corrected chi connectivity index (χ2v) is 7.23. The van der Waals surface area contributed by atoms with Crippen LogP contribution in [0, 0.1) is 35.3 Å². The van der Waals surface area contributed by atoms with Crippen LogP contribution >= 0.6 is 0 Å². The largest absolute Gasteiger partial charge is 0.461 e. The summed E-state index contributed by atoms with van der Waals surface area (Å²) in [5, 5.41) is 15.2. The van der Waals surface area contributed by atoms with Crippen molar-refractivity contribution in [1.82, 2.24) is 9.78 Å². The molecule has 1 aliphatic carbocycles. The Morgan fingerprint density at radius 3 is 2.83 bits per heavy atom. The van der Waals surface area contributed by atoms with Gasteiger partial charge in [0.25, 0.3) is 0 Å². The highest BCUT2D eigenvalue weighted by molar-refractivity contribution is 5.69. The number of carbonyl (C=O) groups excluding carboxylic acids is 1. The Morgan fingerprint density at radius 1 is 1.50 bits per heavy atom. The zero-order chi connectivity index (χ0) is 17.6. The molecule has 2 fully saturated rings. The van der Waals surface area contributed by atoms with Crippen LogP contribution in [0.25, 0.3) is 0 Å². The van der Waals surface area contributed by atoms with Gasteiger partial charge in [0.1, 0.15) is 17.5 Å². The average molecular weight is 337 g/mol. The van der Waals surface area contributed by atoms with Gasteiger partial charge in [0.15, 0.2) is 0 Å². The molecule has 0 amide bonds. The minimum Gasteiger partial charge on any atom is -0.461 e. The van der Waals surface area contributed by atoms with Crippen molar-refractivity contribution in [3.8, 4) is 0 Å². The fraction of sp³-hybridized carbons (Fsp3) is 0.750. The Balaban J connectivity index is 1.59. The molecule has 24 heavy (non-hydrogen) atoms. The van der Waals surface area contributed by atoms with Gasteiger partial charge in [-0.1, -0.05) is 13.8 Å². The predicted octanol–water partition coefficient (Wildman–Crippen LogP) is 2.15. The van der Waals surface area contributed by atoms with Gasteiger partial charge in [-0.15, -0.1) is 0 Å². The summed E-state index contributed by atoms with van der Waals surface area (Å²) in [5.74, 6) is -0.00708. The first-order valence-corrected chi connectivity index (χ1v) is 8.23. The summed E-state index contributed by atoms with van der Waals surface area (Å²) in [6.07, 6.45) is 1.13. The molecule has 2 heterocycles. The molecule has 2 aliphatic rings. The van der Waals surface area contributed by atoms with Gasteiger partial charge in [0, 0.05) is 17.9 Å². The van der Waals surface area contributed by atoms with Gasteiger partial charge in [-0.2, -0.15) is 5.10 Å². The molecular formula is C16H23N3O5. The smallest absolute Gasteiger partial charge is 0.312 e. The number of aromatic nitrogens is 2. The highest BCUT2D eigenvalue weighted by Crippen LogP contribution is 2.53. The van der Waals surface area contributed by atoms with E-state index in [4.69, 9.17) is 9.47 Å². The predicted molar refractivity (Wildman–Crippen MR) is 84.5 cm³/mol. The van der Waals surface area contributed by atoms with Crippen molar-refractivity contribution in [3.05, 3.63) is 21.5 Å². The number of hydrogen-bond acceptors (Lipinski definition) is 6. The van der Waals surface area contributed by atoms with Gasteiger partial charge >= 0.3 is 11.7 Å². The standard InChI is InChI=1S/C16H23N3O5/c1-9-13(19(21)22)10(2)18(17-9)7-5-12(20)24-15-11-6-8-23-14(11)16(15,3)4/h11,14-15H,5-8H2,1-4H3/t11-,14+,15-/m1/s1. The molecule has 0 bridgehead atoms. The number of carbonyl (C=O) groups is 1. The first-order chi connectivity index (χ1) is 11.2. The Hall–Kier alpha value is -1.96. The van der Waals surface area contributed by atoms with Crippen molar-refractivity contribution < 1.29 is 19.2 Å². The lowest BCUT2D eigenvalue weighted by Gasteiger charge is -2.53. The molecule has 132 valence electrons. The number of fused-ring (bicyclic) bond motifs is 1. The second-order valence-electron chi connectivity index (χ2n) is 7.23. The number of nitrogens with zero attached hydrogens (tertiary/aromatic N) is 3. The zero-order valence-electron chi connectivity index (χ0n) is 14.4. The van der Waals surface area contributed by atoms with Crippen LogP contribution in [0.1, 0.15) is 38.1 Å². The molecule has 0 spiro atoms. The third-order valence-electron chi connectivity index (χ3n) is 5.30. The number of ether oxygens (including phenoxy) is 2. The van der Waals surface area contributed by atoms with Crippen molar-refractivity contribution in [2.45, 2.75) is 59.3 Å². The van der Waals surface area contributed by atoms with E-state index in [0.717, 1.165) is 13.0 Å². The number of esters is 1. The molecule has 1 aromatic rings. The minimum absolute atomic E-state index is 0.00874. The number of aryl methyl sites for hydroxylation is 2. The maximum Gasteiger partial charge on any atom is 0.312 e. The molecule has 0 N–H and O–H groups in total. The van der Waals surface area contributed by atoms with Crippen LogP contribution < -0.4 is 0 Å². The van der Waals surface area contributed by atoms with Gasteiger partial charge in [-0.05, 0) is 20.3 Å². The Morgan fingerprint density at radius 2 is 2.21 bits per heavy atom. The summed E-state index contributed by atoms with van der Waals surface area (Å²) in [4.78, 5) is 22.8. The van der Waals surface area contributed by atoms with E-state index in [1.807, 2.05) is 0 Å². The summed E-state index contributed by atoms with van der Waals surface area (Å²) < 4.78 is 12.9. The Kier molecular flexibility index (Phi) is 4.11. The maximum absolute atomic E-state index is 12.2. The molecule has 1 aliphatic heterocycles. The molecule has 0 unspecified atom stereocenters. The van der Waals surface area contributed by atoms with Crippen LogP contribution in [0.4, 0.5) is 5.69 Å². The molecule has 8 nitrogen and oxygen atoms in total. The summed E-state index contributed by atoms with van der Waals surface area (Å²) >= 11 is 0. The highest BCUT2D eigenvalue weighted by atomic mass is 16.6. The molecule has 1 saturated carbocycles. The molecule has 8 heteroatoms.